The monoisotopic (exact) mass is 284 g/mol. The van der Waals surface area contributed by atoms with E-state index in [1.807, 2.05) is 27.7 Å². The van der Waals surface area contributed by atoms with E-state index in [-0.39, 0.29) is 23.8 Å². The molecule has 0 saturated carbocycles. The lowest BCUT2D eigenvalue weighted by atomic mass is 10.0. The molecule has 2 atom stereocenters. The molecular formula is C15H28N2O3. The molecule has 0 aliphatic rings. The number of carbonyl (C=O) groups excluding carboxylic acids is 2. The molecule has 0 aromatic heterocycles. The first-order valence-electron chi connectivity index (χ1n) is 7.05. The summed E-state index contributed by atoms with van der Waals surface area (Å²) in [6, 6.07) is -0.360. The maximum Gasteiger partial charge on any atom is 0.306 e. The molecule has 0 aromatic carbocycles. The van der Waals surface area contributed by atoms with E-state index >= 15 is 0 Å². The van der Waals surface area contributed by atoms with Crippen LogP contribution in [0, 0.1) is 5.92 Å². The minimum atomic E-state index is -0.484. The van der Waals surface area contributed by atoms with Gasteiger partial charge in [0, 0.05) is 6.42 Å². The molecular weight excluding hydrogens is 256 g/mol. The van der Waals surface area contributed by atoms with Crippen molar-refractivity contribution in [3.05, 3.63) is 12.7 Å². The Kier molecular flexibility index (Phi) is 8.15. The van der Waals surface area contributed by atoms with Crippen molar-refractivity contribution in [1.29, 1.82) is 0 Å². The molecule has 0 aliphatic heterocycles. The summed E-state index contributed by atoms with van der Waals surface area (Å²) in [5.74, 6) is -0.559. The zero-order chi connectivity index (χ0) is 15.8. The van der Waals surface area contributed by atoms with Crippen molar-refractivity contribution in [2.45, 2.75) is 58.6 Å². The zero-order valence-electron chi connectivity index (χ0n) is 13.1. The van der Waals surface area contributed by atoms with Gasteiger partial charge in [0.2, 0.25) is 5.91 Å². The van der Waals surface area contributed by atoms with Crippen molar-refractivity contribution in [1.82, 2.24) is 5.32 Å². The molecule has 116 valence electrons. The van der Waals surface area contributed by atoms with Crippen LogP contribution in [0.1, 0.15) is 47.0 Å². The van der Waals surface area contributed by atoms with Gasteiger partial charge in [0.25, 0.3) is 0 Å². The molecule has 0 fully saturated rings. The highest BCUT2D eigenvalue weighted by atomic mass is 16.6. The van der Waals surface area contributed by atoms with Crippen LogP contribution >= 0.6 is 0 Å². The quantitative estimate of drug-likeness (QED) is 0.499. The lowest BCUT2D eigenvalue weighted by Gasteiger charge is -2.23. The molecule has 0 saturated heterocycles. The lowest BCUT2D eigenvalue weighted by Crippen LogP contribution is -2.43. The van der Waals surface area contributed by atoms with Gasteiger partial charge in [-0.05, 0) is 46.1 Å². The van der Waals surface area contributed by atoms with E-state index in [2.05, 4.69) is 11.9 Å². The van der Waals surface area contributed by atoms with Crippen LogP contribution in [0.15, 0.2) is 12.7 Å². The maximum absolute atomic E-state index is 11.8. The summed E-state index contributed by atoms with van der Waals surface area (Å²) in [5, 5.41) is 3.09. The predicted octanol–water partition coefficient (Wildman–Crippen LogP) is 1.76. The summed E-state index contributed by atoms with van der Waals surface area (Å²) < 4.78 is 5.30. The number of hydrogen-bond donors (Lipinski definition) is 2. The fourth-order valence-corrected chi connectivity index (χ4v) is 1.85. The molecule has 0 heterocycles. The minimum absolute atomic E-state index is 0.0516. The Morgan fingerprint density at radius 1 is 1.40 bits per heavy atom. The van der Waals surface area contributed by atoms with Gasteiger partial charge in [-0.25, -0.2) is 0 Å². The summed E-state index contributed by atoms with van der Waals surface area (Å²) >= 11 is 0. The zero-order valence-corrected chi connectivity index (χ0v) is 13.1. The number of allylic oxidation sites excluding steroid dienone is 1. The maximum atomic E-state index is 11.8. The SMILES string of the molecule is C=CC[C@@H](CNC(CC)C(N)=O)CC(=O)OC(C)(C)C. The first-order valence-corrected chi connectivity index (χ1v) is 7.05. The van der Waals surface area contributed by atoms with E-state index in [0.717, 1.165) is 0 Å². The topological polar surface area (TPSA) is 81.4 Å². The van der Waals surface area contributed by atoms with Crippen LogP contribution in [-0.4, -0.2) is 30.1 Å². The number of amides is 1. The predicted molar refractivity (Wildman–Crippen MR) is 80.0 cm³/mol. The van der Waals surface area contributed by atoms with Gasteiger partial charge in [-0.2, -0.15) is 0 Å². The molecule has 1 amide bonds. The molecule has 0 aliphatic carbocycles. The van der Waals surface area contributed by atoms with Crippen LogP contribution in [0.3, 0.4) is 0 Å². The molecule has 5 nitrogen and oxygen atoms in total. The Morgan fingerprint density at radius 2 is 2.00 bits per heavy atom. The van der Waals surface area contributed by atoms with Crippen molar-refractivity contribution >= 4 is 11.9 Å². The van der Waals surface area contributed by atoms with E-state index in [9.17, 15) is 9.59 Å². The summed E-state index contributed by atoms with van der Waals surface area (Å²) in [4.78, 5) is 23.0. The smallest absolute Gasteiger partial charge is 0.306 e. The average molecular weight is 284 g/mol. The van der Waals surface area contributed by atoms with E-state index in [1.54, 1.807) is 6.08 Å². The van der Waals surface area contributed by atoms with Crippen LogP contribution in [0.5, 0.6) is 0 Å². The van der Waals surface area contributed by atoms with Gasteiger partial charge in [0.1, 0.15) is 5.60 Å². The van der Waals surface area contributed by atoms with E-state index in [1.165, 1.54) is 0 Å². The van der Waals surface area contributed by atoms with Gasteiger partial charge in [0.05, 0.1) is 6.04 Å². The van der Waals surface area contributed by atoms with Crippen molar-refractivity contribution in [2.75, 3.05) is 6.54 Å². The van der Waals surface area contributed by atoms with Gasteiger partial charge < -0.3 is 15.8 Å². The molecule has 0 bridgehead atoms. The summed E-state index contributed by atoms with van der Waals surface area (Å²) in [7, 11) is 0. The number of esters is 1. The Labute approximate surface area is 121 Å². The summed E-state index contributed by atoms with van der Waals surface area (Å²) in [5.41, 5.74) is 4.79. The highest BCUT2D eigenvalue weighted by Crippen LogP contribution is 2.14. The molecule has 1 unspecified atom stereocenters. The molecule has 3 N–H and O–H groups in total. The minimum Gasteiger partial charge on any atom is -0.460 e. The number of ether oxygens (including phenoxy) is 1. The van der Waals surface area contributed by atoms with Gasteiger partial charge in [0.15, 0.2) is 0 Å². The Hall–Kier alpha value is -1.36. The first-order chi connectivity index (χ1) is 9.19. The van der Waals surface area contributed by atoms with E-state index in [0.29, 0.717) is 25.8 Å². The third kappa shape index (κ3) is 8.69. The van der Waals surface area contributed by atoms with Crippen LogP contribution < -0.4 is 11.1 Å². The third-order valence-electron chi connectivity index (χ3n) is 2.78. The number of nitrogens with one attached hydrogen (secondary N) is 1. The Bertz CT molecular complexity index is 335. The van der Waals surface area contributed by atoms with Crippen LogP contribution in [-0.2, 0) is 14.3 Å². The molecule has 0 radical (unpaired) electrons. The standard InChI is InChI=1S/C15H28N2O3/c1-6-8-11(9-13(18)20-15(3,4)5)10-17-12(7-2)14(16)19/h6,11-12,17H,1,7-10H2,2-5H3,(H2,16,19)/t11-,12?/m1/s1. The Balaban J connectivity index is 4.39. The number of primary amides is 1. The van der Waals surface area contributed by atoms with Crippen molar-refractivity contribution in [3.63, 3.8) is 0 Å². The van der Waals surface area contributed by atoms with E-state index in [4.69, 9.17) is 10.5 Å². The number of hydrogen-bond acceptors (Lipinski definition) is 4. The summed E-state index contributed by atoms with van der Waals surface area (Å²) in [6.07, 6.45) is 3.37. The van der Waals surface area contributed by atoms with Crippen LogP contribution in [0.2, 0.25) is 0 Å². The van der Waals surface area contributed by atoms with Crippen molar-refractivity contribution < 1.29 is 14.3 Å². The van der Waals surface area contributed by atoms with Crippen molar-refractivity contribution in [2.24, 2.45) is 11.7 Å². The molecule has 5 heteroatoms. The van der Waals surface area contributed by atoms with Gasteiger partial charge in [-0.15, -0.1) is 6.58 Å². The molecule has 20 heavy (non-hydrogen) atoms. The molecule has 0 rings (SSSR count). The summed E-state index contributed by atoms with van der Waals surface area (Å²) in [6.45, 7) is 11.6. The fraction of sp³-hybridized carbons (Fsp3) is 0.733. The molecule has 0 aromatic rings. The van der Waals surface area contributed by atoms with E-state index < -0.39 is 5.60 Å². The largest absolute Gasteiger partial charge is 0.460 e. The number of rotatable bonds is 9. The normalized spacial score (nSPS) is 14.4. The third-order valence-corrected chi connectivity index (χ3v) is 2.78. The number of nitrogens with two attached hydrogens (primary N) is 1. The second-order valence-electron chi connectivity index (χ2n) is 5.95. The Morgan fingerprint density at radius 3 is 2.40 bits per heavy atom. The molecule has 0 spiro atoms. The second kappa shape index (κ2) is 8.74. The van der Waals surface area contributed by atoms with Gasteiger partial charge in [-0.1, -0.05) is 13.0 Å². The first kappa shape index (κ1) is 18.6. The second-order valence-corrected chi connectivity index (χ2v) is 5.95. The van der Waals surface area contributed by atoms with Crippen LogP contribution in [0.4, 0.5) is 0 Å². The number of carbonyl (C=O) groups is 2. The lowest BCUT2D eigenvalue weighted by molar-refractivity contribution is -0.155. The van der Waals surface area contributed by atoms with Gasteiger partial charge >= 0.3 is 5.97 Å². The fourth-order valence-electron chi connectivity index (χ4n) is 1.85. The average Bonchev–Trinajstić information content (AvgIpc) is 2.26. The highest BCUT2D eigenvalue weighted by molar-refractivity contribution is 5.79. The van der Waals surface area contributed by atoms with Gasteiger partial charge in [-0.3, -0.25) is 9.59 Å². The van der Waals surface area contributed by atoms with Crippen molar-refractivity contribution in [3.8, 4) is 0 Å². The highest BCUT2D eigenvalue weighted by Gasteiger charge is 2.21. The van der Waals surface area contributed by atoms with Crippen LogP contribution in [0.25, 0.3) is 0 Å².